The summed E-state index contributed by atoms with van der Waals surface area (Å²) in [6.07, 6.45) is 4.40. The van der Waals surface area contributed by atoms with E-state index in [9.17, 15) is 8.78 Å². The first kappa shape index (κ1) is 16.4. The lowest BCUT2D eigenvalue weighted by molar-refractivity contribution is 0.174. The van der Waals surface area contributed by atoms with Crippen LogP contribution in [0.15, 0.2) is 18.2 Å². The van der Waals surface area contributed by atoms with Crippen LogP contribution in [-0.4, -0.2) is 6.54 Å². The largest absolute Gasteiger partial charge is 0.310 e. The molecule has 3 unspecified atom stereocenters. The van der Waals surface area contributed by atoms with E-state index in [1.54, 1.807) is 12.1 Å². The minimum Gasteiger partial charge on any atom is -0.310 e. The van der Waals surface area contributed by atoms with Crippen LogP contribution in [0, 0.1) is 29.4 Å². The maximum atomic E-state index is 14.2. The van der Waals surface area contributed by atoms with Gasteiger partial charge in [0.25, 0.3) is 0 Å². The van der Waals surface area contributed by atoms with Gasteiger partial charge in [-0.3, -0.25) is 0 Å². The van der Waals surface area contributed by atoms with E-state index < -0.39 is 11.6 Å². The predicted octanol–water partition coefficient (Wildman–Crippen LogP) is 5.08. The first-order valence-corrected chi connectivity index (χ1v) is 8.20. The van der Waals surface area contributed by atoms with Crippen LogP contribution in [0.2, 0.25) is 0 Å². The normalized spacial score (nSPS) is 27.6. The molecule has 0 aliphatic heterocycles. The lowest BCUT2D eigenvalue weighted by Gasteiger charge is -2.37. The number of nitrogens with one attached hydrogen (secondary N) is 1. The average Bonchev–Trinajstić information content (AvgIpc) is 2.42. The zero-order valence-electron chi connectivity index (χ0n) is 13.3. The van der Waals surface area contributed by atoms with Gasteiger partial charge in [0.1, 0.15) is 0 Å². The van der Waals surface area contributed by atoms with Crippen molar-refractivity contribution in [2.45, 2.75) is 52.5 Å². The van der Waals surface area contributed by atoms with Crippen molar-refractivity contribution in [3.05, 3.63) is 35.4 Å². The zero-order chi connectivity index (χ0) is 15.4. The van der Waals surface area contributed by atoms with E-state index in [0.717, 1.165) is 25.8 Å². The molecule has 1 nitrogen and oxygen atoms in total. The molecule has 0 aromatic heterocycles. The van der Waals surface area contributed by atoms with Gasteiger partial charge in [0.15, 0.2) is 11.6 Å². The molecular formula is C18H27F2N. The summed E-state index contributed by atoms with van der Waals surface area (Å²) in [5.74, 6) is 0.263. The smallest absolute Gasteiger partial charge is 0.163 e. The van der Waals surface area contributed by atoms with Gasteiger partial charge in [0.05, 0.1) is 0 Å². The van der Waals surface area contributed by atoms with Crippen molar-refractivity contribution in [1.82, 2.24) is 5.32 Å². The maximum absolute atomic E-state index is 14.2. The Bertz CT molecular complexity index is 451. The van der Waals surface area contributed by atoms with Crippen LogP contribution in [0.1, 0.15) is 58.1 Å². The highest BCUT2D eigenvalue weighted by Gasteiger charge is 2.32. The Morgan fingerprint density at radius 3 is 2.43 bits per heavy atom. The third-order valence-electron chi connectivity index (χ3n) is 4.62. The molecule has 0 saturated heterocycles. The summed E-state index contributed by atoms with van der Waals surface area (Å²) in [4.78, 5) is 0. The lowest BCUT2D eigenvalue weighted by Crippen LogP contribution is -2.34. The van der Waals surface area contributed by atoms with Crippen LogP contribution in [0.5, 0.6) is 0 Å². The van der Waals surface area contributed by atoms with E-state index in [2.05, 4.69) is 26.1 Å². The van der Waals surface area contributed by atoms with Crippen LogP contribution in [0.25, 0.3) is 0 Å². The third kappa shape index (κ3) is 4.03. The van der Waals surface area contributed by atoms with Crippen molar-refractivity contribution < 1.29 is 8.78 Å². The number of hydrogen-bond donors (Lipinski definition) is 1. The number of hydrogen-bond acceptors (Lipinski definition) is 1. The van der Waals surface area contributed by atoms with Crippen LogP contribution in [0.3, 0.4) is 0 Å². The minimum absolute atomic E-state index is 0.0779. The summed E-state index contributed by atoms with van der Waals surface area (Å²) in [6, 6.07) is 4.47. The second kappa shape index (κ2) is 7.35. The molecule has 1 aromatic carbocycles. The van der Waals surface area contributed by atoms with E-state index in [0.29, 0.717) is 23.3 Å². The molecule has 0 radical (unpaired) electrons. The van der Waals surface area contributed by atoms with Crippen molar-refractivity contribution in [3.8, 4) is 0 Å². The Labute approximate surface area is 127 Å². The van der Waals surface area contributed by atoms with Gasteiger partial charge in [-0.15, -0.1) is 0 Å². The van der Waals surface area contributed by atoms with Gasteiger partial charge in [-0.05, 0) is 56.0 Å². The predicted molar refractivity (Wildman–Crippen MR) is 83.1 cm³/mol. The summed E-state index contributed by atoms with van der Waals surface area (Å²) in [7, 11) is 0. The number of rotatable bonds is 5. The molecule has 0 bridgehead atoms. The van der Waals surface area contributed by atoms with Gasteiger partial charge in [-0.2, -0.15) is 0 Å². The Kier molecular flexibility index (Phi) is 5.74. The van der Waals surface area contributed by atoms with E-state index in [1.165, 1.54) is 12.5 Å². The van der Waals surface area contributed by atoms with E-state index in [1.807, 2.05) is 0 Å². The molecule has 1 aliphatic carbocycles. The quantitative estimate of drug-likeness (QED) is 0.799. The molecule has 21 heavy (non-hydrogen) atoms. The number of halogens is 2. The van der Waals surface area contributed by atoms with Crippen LogP contribution in [0.4, 0.5) is 8.78 Å². The van der Waals surface area contributed by atoms with E-state index >= 15 is 0 Å². The average molecular weight is 295 g/mol. The number of benzene rings is 1. The van der Waals surface area contributed by atoms with Crippen LogP contribution >= 0.6 is 0 Å². The van der Waals surface area contributed by atoms with E-state index in [4.69, 9.17) is 0 Å². The summed E-state index contributed by atoms with van der Waals surface area (Å²) in [5, 5.41) is 3.46. The molecule has 1 fully saturated rings. The molecule has 2 rings (SSSR count). The molecule has 0 amide bonds. The van der Waals surface area contributed by atoms with Gasteiger partial charge >= 0.3 is 0 Å². The monoisotopic (exact) mass is 295 g/mol. The topological polar surface area (TPSA) is 12.0 Å². The standard InChI is InChI=1S/C18H27F2N/c1-4-8-21-18(14-10-12(2)9-13(3)11-14)15-6-5-7-16(19)17(15)20/h5-7,12-14,18,21H,4,8-11H2,1-3H3. The fourth-order valence-corrected chi connectivity index (χ4v) is 3.87. The minimum atomic E-state index is -0.743. The molecule has 1 saturated carbocycles. The maximum Gasteiger partial charge on any atom is 0.163 e. The Hall–Kier alpha value is -0.960. The van der Waals surface area contributed by atoms with Crippen molar-refractivity contribution in [1.29, 1.82) is 0 Å². The SMILES string of the molecule is CCCNC(c1cccc(F)c1F)C1CC(C)CC(C)C1. The Morgan fingerprint density at radius 2 is 1.81 bits per heavy atom. The highest BCUT2D eigenvalue weighted by molar-refractivity contribution is 5.23. The molecule has 118 valence electrons. The lowest BCUT2D eigenvalue weighted by atomic mass is 9.72. The fraction of sp³-hybridized carbons (Fsp3) is 0.667. The van der Waals surface area contributed by atoms with Crippen LogP contribution in [-0.2, 0) is 0 Å². The summed E-state index contributed by atoms with van der Waals surface area (Å²) < 4.78 is 27.8. The summed E-state index contributed by atoms with van der Waals surface area (Å²) >= 11 is 0. The van der Waals surface area contributed by atoms with Gasteiger partial charge in [-0.1, -0.05) is 32.9 Å². The molecule has 1 aromatic rings. The van der Waals surface area contributed by atoms with Crippen LogP contribution < -0.4 is 5.32 Å². The fourth-order valence-electron chi connectivity index (χ4n) is 3.87. The highest BCUT2D eigenvalue weighted by Crippen LogP contribution is 2.40. The second-order valence-corrected chi connectivity index (χ2v) is 6.75. The zero-order valence-corrected chi connectivity index (χ0v) is 13.3. The molecule has 3 atom stereocenters. The van der Waals surface area contributed by atoms with Crippen molar-refractivity contribution in [2.24, 2.45) is 17.8 Å². The van der Waals surface area contributed by atoms with E-state index in [-0.39, 0.29) is 6.04 Å². The molecule has 3 heteroatoms. The molecule has 1 N–H and O–H groups in total. The first-order valence-electron chi connectivity index (χ1n) is 8.20. The van der Waals surface area contributed by atoms with Gasteiger partial charge in [0.2, 0.25) is 0 Å². The van der Waals surface area contributed by atoms with Gasteiger partial charge in [-0.25, -0.2) is 8.78 Å². The molecule has 0 heterocycles. The Morgan fingerprint density at radius 1 is 1.14 bits per heavy atom. The molecule has 0 spiro atoms. The van der Waals surface area contributed by atoms with Gasteiger partial charge < -0.3 is 5.32 Å². The first-order chi connectivity index (χ1) is 10.0. The van der Waals surface area contributed by atoms with Crippen molar-refractivity contribution >= 4 is 0 Å². The van der Waals surface area contributed by atoms with Gasteiger partial charge in [0, 0.05) is 11.6 Å². The highest BCUT2D eigenvalue weighted by atomic mass is 19.2. The Balaban J connectivity index is 2.27. The second-order valence-electron chi connectivity index (χ2n) is 6.75. The summed E-state index contributed by atoms with van der Waals surface area (Å²) in [6.45, 7) is 7.46. The molecular weight excluding hydrogens is 268 g/mol. The summed E-state index contributed by atoms with van der Waals surface area (Å²) in [5.41, 5.74) is 0.495. The van der Waals surface area contributed by atoms with Crippen molar-refractivity contribution in [3.63, 3.8) is 0 Å². The van der Waals surface area contributed by atoms with Crippen molar-refractivity contribution in [2.75, 3.05) is 6.54 Å². The molecule has 1 aliphatic rings. The third-order valence-corrected chi connectivity index (χ3v) is 4.62.